The summed E-state index contributed by atoms with van der Waals surface area (Å²) in [4.78, 5) is 2.41. The van der Waals surface area contributed by atoms with Gasteiger partial charge in [-0.25, -0.2) is 0 Å². The number of ether oxygens (including phenoxy) is 1. The van der Waals surface area contributed by atoms with E-state index in [9.17, 15) is 0 Å². The van der Waals surface area contributed by atoms with Gasteiger partial charge in [0.25, 0.3) is 0 Å². The van der Waals surface area contributed by atoms with Crippen molar-refractivity contribution in [3.8, 4) is 5.75 Å². The van der Waals surface area contributed by atoms with Crippen molar-refractivity contribution in [2.45, 2.75) is 33.7 Å². The number of anilines is 1. The zero-order valence-corrected chi connectivity index (χ0v) is 11.2. The standard InChI is InChI=1S/C15H21NO/c1-5-16-12(4)9-11(3)14-10-13(17-6-2)7-8-15(14)16/h7-10,12H,5-6H2,1-4H3. The molecular weight excluding hydrogens is 210 g/mol. The third-order valence-electron chi connectivity index (χ3n) is 3.34. The van der Waals surface area contributed by atoms with Gasteiger partial charge in [-0.05, 0) is 51.5 Å². The zero-order valence-electron chi connectivity index (χ0n) is 11.2. The van der Waals surface area contributed by atoms with E-state index in [4.69, 9.17) is 4.74 Å². The van der Waals surface area contributed by atoms with Crippen LogP contribution in [-0.2, 0) is 0 Å². The fourth-order valence-electron chi connectivity index (χ4n) is 2.56. The minimum atomic E-state index is 0.477. The number of nitrogens with zero attached hydrogens (tertiary/aromatic N) is 1. The van der Waals surface area contributed by atoms with Crippen molar-refractivity contribution < 1.29 is 4.74 Å². The Bertz CT molecular complexity index is 437. The average Bonchev–Trinajstić information content (AvgIpc) is 2.31. The molecule has 0 saturated carbocycles. The van der Waals surface area contributed by atoms with E-state index in [0.29, 0.717) is 6.04 Å². The normalized spacial score (nSPS) is 18.7. The topological polar surface area (TPSA) is 12.5 Å². The summed E-state index contributed by atoms with van der Waals surface area (Å²) in [6.07, 6.45) is 2.32. The summed E-state index contributed by atoms with van der Waals surface area (Å²) < 4.78 is 5.57. The summed E-state index contributed by atoms with van der Waals surface area (Å²) in [5, 5.41) is 0. The molecule has 1 atom stereocenters. The third-order valence-corrected chi connectivity index (χ3v) is 3.34. The molecular formula is C15H21NO. The molecule has 1 heterocycles. The molecule has 1 aromatic carbocycles. The minimum absolute atomic E-state index is 0.477. The van der Waals surface area contributed by atoms with Crippen LogP contribution in [-0.4, -0.2) is 19.2 Å². The summed E-state index contributed by atoms with van der Waals surface area (Å²) in [6.45, 7) is 10.4. The molecule has 0 spiro atoms. The highest BCUT2D eigenvalue weighted by Gasteiger charge is 2.20. The second-order valence-electron chi connectivity index (χ2n) is 4.49. The first-order valence-electron chi connectivity index (χ1n) is 6.39. The van der Waals surface area contributed by atoms with Gasteiger partial charge in [-0.1, -0.05) is 6.08 Å². The molecule has 2 heteroatoms. The van der Waals surface area contributed by atoms with Crippen molar-refractivity contribution in [1.29, 1.82) is 0 Å². The summed E-state index contributed by atoms with van der Waals surface area (Å²) >= 11 is 0. The Balaban J connectivity index is 2.45. The smallest absolute Gasteiger partial charge is 0.120 e. The monoisotopic (exact) mass is 231 g/mol. The number of fused-ring (bicyclic) bond motifs is 1. The Labute approximate surface area is 104 Å². The number of allylic oxidation sites excluding steroid dienone is 1. The summed E-state index contributed by atoms with van der Waals surface area (Å²) in [6, 6.07) is 6.87. The quantitative estimate of drug-likeness (QED) is 0.786. The van der Waals surface area contributed by atoms with Gasteiger partial charge in [0.05, 0.1) is 6.61 Å². The molecule has 1 aliphatic rings. The van der Waals surface area contributed by atoms with Gasteiger partial charge in [0.15, 0.2) is 0 Å². The first-order valence-corrected chi connectivity index (χ1v) is 6.39. The summed E-state index contributed by atoms with van der Waals surface area (Å²) in [7, 11) is 0. The predicted octanol–water partition coefficient (Wildman–Crippen LogP) is 3.72. The Morgan fingerprint density at radius 1 is 1.29 bits per heavy atom. The molecule has 2 rings (SSSR count). The van der Waals surface area contributed by atoms with Gasteiger partial charge in [-0.3, -0.25) is 0 Å². The van der Waals surface area contributed by atoms with Gasteiger partial charge < -0.3 is 9.64 Å². The van der Waals surface area contributed by atoms with Crippen molar-refractivity contribution >= 4 is 11.3 Å². The van der Waals surface area contributed by atoms with Gasteiger partial charge in [0.1, 0.15) is 5.75 Å². The molecule has 1 unspecified atom stereocenters. The van der Waals surface area contributed by atoms with Crippen LogP contribution in [0.5, 0.6) is 5.75 Å². The lowest BCUT2D eigenvalue weighted by molar-refractivity contribution is 0.340. The minimum Gasteiger partial charge on any atom is -0.494 e. The fourth-order valence-corrected chi connectivity index (χ4v) is 2.56. The van der Waals surface area contributed by atoms with Gasteiger partial charge >= 0.3 is 0 Å². The lowest BCUT2D eigenvalue weighted by Gasteiger charge is -2.34. The second-order valence-corrected chi connectivity index (χ2v) is 4.49. The maximum atomic E-state index is 5.57. The van der Waals surface area contributed by atoms with Crippen LogP contribution in [0.1, 0.15) is 33.3 Å². The van der Waals surface area contributed by atoms with E-state index in [0.717, 1.165) is 18.9 Å². The molecule has 0 saturated heterocycles. The maximum Gasteiger partial charge on any atom is 0.120 e. The van der Waals surface area contributed by atoms with E-state index in [1.165, 1.54) is 16.8 Å². The van der Waals surface area contributed by atoms with E-state index in [1.807, 2.05) is 6.92 Å². The third kappa shape index (κ3) is 2.17. The van der Waals surface area contributed by atoms with Crippen LogP contribution in [0.15, 0.2) is 24.3 Å². The predicted molar refractivity (Wildman–Crippen MR) is 73.7 cm³/mol. The van der Waals surface area contributed by atoms with Crippen molar-refractivity contribution in [2.75, 3.05) is 18.1 Å². The Hall–Kier alpha value is -1.44. The molecule has 0 fully saturated rings. The van der Waals surface area contributed by atoms with Crippen LogP contribution in [0.2, 0.25) is 0 Å². The summed E-state index contributed by atoms with van der Waals surface area (Å²) in [5.74, 6) is 0.963. The molecule has 0 aliphatic carbocycles. The number of hydrogen-bond acceptors (Lipinski definition) is 2. The van der Waals surface area contributed by atoms with E-state index in [2.05, 4.69) is 49.9 Å². The SMILES string of the molecule is CCOc1ccc2c(c1)C(C)=CC(C)N2CC. The van der Waals surface area contributed by atoms with E-state index in [1.54, 1.807) is 0 Å². The van der Waals surface area contributed by atoms with Gasteiger partial charge in [-0.15, -0.1) is 0 Å². The van der Waals surface area contributed by atoms with E-state index >= 15 is 0 Å². The van der Waals surface area contributed by atoms with E-state index < -0.39 is 0 Å². The fraction of sp³-hybridized carbons (Fsp3) is 0.467. The van der Waals surface area contributed by atoms with Gasteiger partial charge in [0, 0.05) is 23.8 Å². The molecule has 17 heavy (non-hydrogen) atoms. The number of likely N-dealkylation sites (N-methyl/N-ethyl adjacent to an activating group) is 1. The van der Waals surface area contributed by atoms with Crippen LogP contribution in [0.25, 0.3) is 5.57 Å². The highest BCUT2D eigenvalue weighted by atomic mass is 16.5. The molecule has 92 valence electrons. The maximum absolute atomic E-state index is 5.57. The molecule has 1 aliphatic heterocycles. The lowest BCUT2D eigenvalue weighted by Crippen LogP contribution is -2.34. The molecule has 0 aromatic heterocycles. The molecule has 0 bridgehead atoms. The van der Waals surface area contributed by atoms with Crippen molar-refractivity contribution in [1.82, 2.24) is 0 Å². The van der Waals surface area contributed by atoms with Crippen LogP contribution >= 0.6 is 0 Å². The Morgan fingerprint density at radius 3 is 2.71 bits per heavy atom. The van der Waals surface area contributed by atoms with Crippen LogP contribution < -0.4 is 9.64 Å². The second kappa shape index (κ2) is 4.82. The van der Waals surface area contributed by atoms with Crippen LogP contribution in [0.3, 0.4) is 0 Å². The van der Waals surface area contributed by atoms with E-state index in [-0.39, 0.29) is 0 Å². The number of rotatable bonds is 3. The molecule has 0 N–H and O–H groups in total. The lowest BCUT2D eigenvalue weighted by atomic mass is 9.96. The first kappa shape index (κ1) is 12.0. The first-order chi connectivity index (χ1) is 8.17. The molecule has 2 nitrogen and oxygen atoms in total. The van der Waals surface area contributed by atoms with Gasteiger partial charge in [-0.2, -0.15) is 0 Å². The van der Waals surface area contributed by atoms with Crippen LogP contribution in [0, 0.1) is 0 Å². The molecule has 0 amide bonds. The highest BCUT2D eigenvalue weighted by Crippen LogP contribution is 2.36. The van der Waals surface area contributed by atoms with Crippen molar-refractivity contribution in [2.24, 2.45) is 0 Å². The van der Waals surface area contributed by atoms with Gasteiger partial charge in [0.2, 0.25) is 0 Å². The Kier molecular flexibility index (Phi) is 3.41. The summed E-state index contributed by atoms with van der Waals surface area (Å²) in [5.41, 5.74) is 3.97. The van der Waals surface area contributed by atoms with Crippen molar-refractivity contribution in [3.63, 3.8) is 0 Å². The average molecular weight is 231 g/mol. The zero-order chi connectivity index (χ0) is 12.4. The van der Waals surface area contributed by atoms with Crippen LogP contribution in [0.4, 0.5) is 5.69 Å². The Morgan fingerprint density at radius 2 is 2.06 bits per heavy atom. The number of hydrogen-bond donors (Lipinski definition) is 0. The molecule has 1 aromatic rings. The molecule has 0 radical (unpaired) electrons. The van der Waals surface area contributed by atoms with Crippen molar-refractivity contribution in [3.05, 3.63) is 29.8 Å². The highest BCUT2D eigenvalue weighted by molar-refractivity contribution is 5.80. The largest absolute Gasteiger partial charge is 0.494 e. The number of benzene rings is 1.